The second-order valence-corrected chi connectivity index (χ2v) is 1.92. The Balaban J connectivity index is 0.000000461. The molecule has 0 spiro atoms. The summed E-state index contributed by atoms with van der Waals surface area (Å²) in [7, 11) is 0. The molecule has 0 aliphatic heterocycles. The lowest BCUT2D eigenvalue weighted by atomic mass is 10.2. The number of alkyl halides is 1. The minimum atomic E-state index is -0.260. The Morgan fingerprint density at radius 1 is 1.09 bits per heavy atom. The van der Waals surface area contributed by atoms with Crippen LogP contribution in [0.4, 0.5) is 4.39 Å². The molecule has 0 bridgehead atoms. The third-order valence-corrected chi connectivity index (χ3v) is 1.23. The maximum Gasteiger partial charge on any atom is 0.0934 e. The van der Waals surface area contributed by atoms with E-state index < -0.39 is 0 Å². The first-order chi connectivity index (χ1) is 5.43. The molecule has 0 amide bonds. The van der Waals surface area contributed by atoms with Gasteiger partial charge in [-0.2, -0.15) is 0 Å². The SMILES string of the molecule is CC.FCCc1ccccc1. The number of hydrogen-bond donors (Lipinski definition) is 0. The van der Waals surface area contributed by atoms with Gasteiger partial charge in [0.15, 0.2) is 0 Å². The highest BCUT2D eigenvalue weighted by atomic mass is 19.1. The van der Waals surface area contributed by atoms with Crippen LogP contribution in [0.25, 0.3) is 0 Å². The molecule has 1 aromatic rings. The summed E-state index contributed by atoms with van der Waals surface area (Å²) in [4.78, 5) is 0. The van der Waals surface area contributed by atoms with E-state index in [0.29, 0.717) is 6.42 Å². The zero-order chi connectivity index (χ0) is 8.53. The number of hydrogen-bond acceptors (Lipinski definition) is 0. The molecular weight excluding hydrogens is 139 g/mol. The van der Waals surface area contributed by atoms with Crippen LogP contribution in [0.15, 0.2) is 30.3 Å². The molecule has 0 aliphatic rings. The topological polar surface area (TPSA) is 0 Å². The first kappa shape index (κ1) is 10.2. The number of aryl methyl sites for hydroxylation is 1. The van der Waals surface area contributed by atoms with Crippen molar-refractivity contribution in [1.82, 2.24) is 0 Å². The summed E-state index contributed by atoms with van der Waals surface area (Å²) in [5.41, 5.74) is 1.07. The van der Waals surface area contributed by atoms with Crippen LogP contribution in [0.3, 0.4) is 0 Å². The van der Waals surface area contributed by atoms with Gasteiger partial charge in [0.05, 0.1) is 6.67 Å². The van der Waals surface area contributed by atoms with Gasteiger partial charge in [0, 0.05) is 6.42 Å². The van der Waals surface area contributed by atoms with Crippen molar-refractivity contribution < 1.29 is 4.39 Å². The molecule has 0 N–H and O–H groups in total. The van der Waals surface area contributed by atoms with Crippen LogP contribution in [0.1, 0.15) is 19.4 Å². The van der Waals surface area contributed by atoms with E-state index in [1.807, 2.05) is 44.2 Å². The van der Waals surface area contributed by atoms with Gasteiger partial charge in [-0.3, -0.25) is 4.39 Å². The Kier molecular flexibility index (Phi) is 6.70. The monoisotopic (exact) mass is 154 g/mol. The Bertz CT molecular complexity index is 158. The summed E-state index contributed by atoms with van der Waals surface area (Å²) >= 11 is 0. The van der Waals surface area contributed by atoms with Crippen LogP contribution >= 0.6 is 0 Å². The molecule has 62 valence electrons. The van der Waals surface area contributed by atoms with Gasteiger partial charge in [-0.05, 0) is 5.56 Å². The van der Waals surface area contributed by atoms with Crippen molar-refractivity contribution in [3.63, 3.8) is 0 Å². The zero-order valence-electron chi connectivity index (χ0n) is 7.18. The van der Waals surface area contributed by atoms with Gasteiger partial charge in [0.1, 0.15) is 0 Å². The molecule has 0 aliphatic carbocycles. The van der Waals surface area contributed by atoms with E-state index in [2.05, 4.69) is 0 Å². The average molecular weight is 154 g/mol. The normalized spacial score (nSPS) is 8.27. The first-order valence-corrected chi connectivity index (χ1v) is 4.03. The molecular formula is C10H15F. The highest BCUT2D eigenvalue weighted by Crippen LogP contribution is 1.98. The fourth-order valence-corrected chi connectivity index (χ4v) is 0.754. The van der Waals surface area contributed by atoms with Gasteiger partial charge < -0.3 is 0 Å². The third kappa shape index (κ3) is 4.54. The Labute approximate surface area is 68.1 Å². The lowest BCUT2D eigenvalue weighted by molar-refractivity contribution is 0.495. The van der Waals surface area contributed by atoms with Gasteiger partial charge in [-0.25, -0.2) is 0 Å². The van der Waals surface area contributed by atoms with Crippen molar-refractivity contribution in [2.45, 2.75) is 20.3 Å². The second kappa shape index (κ2) is 7.26. The first-order valence-electron chi connectivity index (χ1n) is 4.03. The summed E-state index contributed by atoms with van der Waals surface area (Å²) in [6, 6.07) is 9.64. The quantitative estimate of drug-likeness (QED) is 0.613. The second-order valence-electron chi connectivity index (χ2n) is 1.92. The zero-order valence-corrected chi connectivity index (χ0v) is 7.18. The van der Waals surface area contributed by atoms with E-state index in [1.54, 1.807) is 0 Å². The Morgan fingerprint density at radius 3 is 2.09 bits per heavy atom. The lowest BCUT2D eigenvalue weighted by Crippen LogP contribution is -1.83. The van der Waals surface area contributed by atoms with E-state index in [9.17, 15) is 4.39 Å². The fraction of sp³-hybridized carbons (Fsp3) is 0.400. The van der Waals surface area contributed by atoms with Crippen LogP contribution in [-0.4, -0.2) is 6.67 Å². The summed E-state index contributed by atoms with van der Waals surface area (Å²) in [5, 5.41) is 0. The molecule has 0 nitrogen and oxygen atoms in total. The number of rotatable bonds is 2. The molecule has 0 unspecified atom stereocenters. The Morgan fingerprint density at radius 2 is 1.64 bits per heavy atom. The minimum Gasteiger partial charge on any atom is -0.251 e. The highest BCUT2D eigenvalue weighted by molar-refractivity contribution is 5.14. The van der Waals surface area contributed by atoms with Crippen molar-refractivity contribution >= 4 is 0 Å². The van der Waals surface area contributed by atoms with Crippen LogP contribution in [0.5, 0.6) is 0 Å². The highest BCUT2D eigenvalue weighted by Gasteiger charge is 1.86. The molecule has 0 atom stereocenters. The Hall–Kier alpha value is -0.850. The molecule has 0 saturated heterocycles. The van der Waals surface area contributed by atoms with Crippen molar-refractivity contribution in [2.24, 2.45) is 0 Å². The van der Waals surface area contributed by atoms with Gasteiger partial charge in [0.25, 0.3) is 0 Å². The maximum absolute atomic E-state index is 11.7. The molecule has 0 radical (unpaired) electrons. The van der Waals surface area contributed by atoms with Crippen LogP contribution in [0.2, 0.25) is 0 Å². The largest absolute Gasteiger partial charge is 0.251 e. The van der Waals surface area contributed by atoms with Crippen molar-refractivity contribution in [2.75, 3.05) is 6.67 Å². The molecule has 0 fully saturated rings. The maximum atomic E-state index is 11.7. The van der Waals surface area contributed by atoms with E-state index in [4.69, 9.17) is 0 Å². The summed E-state index contributed by atoms with van der Waals surface area (Å²) in [6.45, 7) is 3.74. The van der Waals surface area contributed by atoms with E-state index >= 15 is 0 Å². The average Bonchev–Trinajstić information content (AvgIpc) is 2.11. The minimum absolute atomic E-state index is 0.260. The smallest absolute Gasteiger partial charge is 0.0934 e. The summed E-state index contributed by atoms with van der Waals surface area (Å²) < 4.78 is 11.7. The molecule has 1 aromatic carbocycles. The fourth-order valence-electron chi connectivity index (χ4n) is 0.754. The van der Waals surface area contributed by atoms with Crippen molar-refractivity contribution in [1.29, 1.82) is 0 Å². The van der Waals surface area contributed by atoms with Crippen LogP contribution in [-0.2, 0) is 6.42 Å². The number of benzene rings is 1. The van der Waals surface area contributed by atoms with Crippen molar-refractivity contribution in [3.05, 3.63) is 35.9 Å². The molecule has 1 heteroatoms. The number of halogens is 1. The molecule has 0 heterocycles. The summed E-state index contributed by atoms with van der Waals surface area (Å²) in [6.07, 6.45) is 0.542. The molecule has 11 heavy (non-hydrogen) atoms. The van der Waals surface area contributed by atoms with Crippen molar-refractivity contribution in [3.8, 4) is 0 Å². The lowest BCUT2D eigenvalue weighted by Gasteiger charge is -1.92. The van der Waals surface area contributed by atoms with Gasteiger partial charge in [-0.15, -0.1) is 0 Å². The summed E-state index contributed by atoms with van der Waals surface area (Å²) in [5.74, 6) is 0. The molecule has 1 rings (SSSR count). The van der Waals surface area contributed by atoms with E-state index in [1.165, 1.54) is 0 Å². The molecule has 0 saturated carbocycles. The van der Waals surface area contributed by atoms with Gasteiger partial charge in [-0.1, -0.05) is 44.2 Å². The van der Waals surface area contributed by atoms with Gasteiger partial charge in [0.2, 0.25) is 0 Å². The van der Waals surface area contributed by atoms with E-state index in [0.717, 1.165) is 5.56 Å². The van der Waals surface area contributed by atoms with E-state index in [-0.39, 0.29) is 6.67 Å². The molecule has 0 aromatic heterocycles. The van der Waals surface area contributed by atoms with Crippen LogP contribution in [0, 0.1) is 0 Å². The third-order valence-electron chi connectivity index (χ3n) is 1.23. The predicted octanol–water partition coefficient (Wildman–Crippen LogP) is 3.22. The van der Waals surface area contributed by atoms with Gasteiger partial charge >= 0.3 is 0 Å². The standard InChI is InChI=1S/C8H9F.C2H6/c9-7-6-8-4-2-1-3-5-8;1-2/h1-5H,6-7H2;1-2H3. The predicted molar refractivity (Wildman–Crippen MR) is 47.5 cm³/mol. The van der Waals surface area contributed by atoms with Crippen LogP contribution < -0.4 is 0 Å².